The molecule has 0 aliphatic heterocycles. The molecule has 2 N–H and O–H groups in total. The Morgan fingerprint density at radius 3 is 2.72 bits per heavy atom. The van der Waals surface area contributed by atoms with Gasteiger partial charge in [-0.1, -0.05) is 13.8 Å². The first-order valence-electron chi connectivity index (χ1n) is 9.94. The lowest BCUT2D eigenvalue weighted by molar-refractivity contribution is 0.0696. The Kier molecular flexibility index (Phi) is 5.29. The first kappa shape index (κ1) is 21.3. The second-order valence-electron chi connectivity index (χ2n) is 8.00. The number of carbonyl (C=O) groups excluding carboxylic acids is 1. The molecule has 32 heavy (non-hydrogen) atoms. The van der Waals surface area contributed by atoms with Crippen LogP contribution in [0.5, 0.6) is 0 Å². The molecule has 0 spiro atoms. The number of benzene rings is 1. The smallest absolute Gasteiger partial charge is 0.415 e. The molecular formula is C22H22FN5O4. The summed E-state index contributed by atoms with van der Waals surface area (Å²) in [5.74, 6) is -1.39. The van der Waals surface area contributed by atoms with E-state index in [-0.39, 0.29) is 18.1 Å². The van der Waals surface area contributed by atoms with Crippen molar-refractivity contribution in [3.8, 4) is 11.3 Å². The van der Waals surface area contributed by atoms with E-state index in [9.17, 15) is 19.1 Å². The predicted molar refractivity (Wildman–Crippen MR) is 117 cm³/mol. The number of hydrogen-bond donors (Lipinski definition) is 2. The second kappa shape index (κ2) is 7.95. The molecule has 3 heterocycles. The number of ether oxygens (including phenoxy) is 1. The number of carbonyl (C=O) groups is 2. The molecule has 10 heteroatoms. The van der Waals surface area contributed by atoms with Crippen molar-refractivity contribution < 1.29 is 23.8 Å². The van der Waals surface area contributed by atoms with Crippen LogP contribution in [0, 0.1) is 11.7 Å². The average molecular weight is 439 g/mol. The van der Waals surface area contributed by atoms with E-state index in [1.54, 1.807) is 24.0 Å². The number of fused-ring (bicyclic) bond motifs is 3. The van der Waals surface area contributed by atoms with E-state index in [4.69, 9.17) is 4.74 Å². The summed E-state index contributed by atoms with van der Waals surface area (Å²) in [5, 5.41) is 9.95. The summed E-state index contributed by atoms with van der Waals surface area (Å²) >= 11 is 0. The van der Waals surface area contributed by atoms with Gasteiger partial charge in [0.05, 0.1) is 24.0 Å². The minimum Gasteiger partial charge on any atom is -0.478 e. The number of nitrogens with one attached hydrogen (secondary N) is 1. The summed E-state index contributed by atoms with van der Waals surface area (Å²) in [6, 6.07) is 5.34. The van der Waals surface area contributed by atoms with Gasteiger partial charge in [-0.2, -0.15) is 0 Å². The molecule has 0 radical (unpaired) electrons. The highest BCUT2D eigenvalue weighted by Crippen LogP contribution is 2.33. The number of H-pyrrole nitrogens is 1. The van der Waals surface area contributed by atoms with Crippen LogP contribution in [0.3, 0.4) is 0 Å². The van der Waals surface area contributed by atoms with Gasteiger partial charge in [-0.05, 0) is 30.2 Å². The van der Waals surface area contributed by atoms with E-state index >= 15 is 0 Å². The first-order valence-corrected chi connectivity index (χ1v) is 9.94. The maximum atomic E-state index is 14.0. The number of rotatable bonds is 5. The van der Waals surface area contributed by atoms with Crippen LogP contribution in [0.15, 0.2) is 30.6 Å². The number of carboxylic acids is 1. The SMILES string of the molecule is CC(C)COC(=O)N(C)c1nc2[nH]c(-c3cc(F)cc(C(=O)O)c3)cc2c2c1ncn2C. The van der Waals surface area contributed by atoms with Crippen molar-refractivity contribution in [2.24, 2.45) is 13.0 Å². The number of aromatic nitrogens is 4. The number of anilines is 1. The molecule has 1 amide bonds. The quantitative estimate of drug-likeness (QED) is 0.482. The second-order valence-corrected chi connectivity index (χ2v) is 8.00. The third-order valence-corrected chi connectivity index (χ3v) is 5.01. The summed E-state index contributed by atoms with van der Waals surface area (Å²) in [6.45, 7) is 4.16. The number of pyridine rings is 1. The van der Waals surface area contributed by atoms with Gasteiger partial charge >= 0.3 is 12.1 Å². The Balaban J connectivity index is 1.86. The Bertz CT molecular complexity index is 1360. The fourth-order valence-corrected chi connectivity index (χ4v) is 3.46. The van der Waals surface area contributed by atoms with Crippen LogP contribution in [0.2, 0.25) is 0 Å². The molecule has 0 bridgehead atoms. The van der Waals surface area contributed by atoms with Crippen molar-refractivity contribution in [3.63, 3.8) is 0 Å². The summed E-state index contributed by atoms with van der Waals surface area (Å²) in [7, 11) is 3.37. The number of amides is 1. The first-order chi connectivity index (χ1) is 15.2. The average Bonchev–Trinajstić information content (AvgIpc) is 3.33. The minimum atomic E-state index is -1.22. The van der Waals surface area contributed by atoms with E-state index < -0.39 is 17.9 Å². The molecule has 0 saturated heterocycles. The third-order valence-electron chi connectivity index (χ3n) is 5.01. The van der Waals surface area contributed by atoms with Crippen molar-refractivity contribution in [1.29, 1.82) is 0 Å². The molecule has 3 aromatic heterocycles. The van der Waals surface area contributed by atoms with Gasteiger partial charge < -0.3 is 19.4 Å². The monoisotopic (exact) mass is 439 g/mol. The molecule has 0 unspecified atom stereocenters. The van der Waals surface area contributed by atoms with Gasteiger partial charge in [0.15, 0.2) is 5.82 Å². The van der Waals surface area contributed by atoms with Crippen molar-refractivity contribution in [2.75, 3.05) is 18.6 Å². The minimum absolute atomic E-state index is 0.161. The topological polar surface area (TPSA) is 113 Å². The number of imidazole rings is 1. The van der Waals surface area contributed by atoms with Crippen LogP contribution in [-0.2, 0) is 11.8 Å². The highest BCUT2D eigenvalue weighted by Gasteiger charge is 2.23. The van der Waals surface area contributed by atoms with Crippen LogP contribution < -0.4 is 4.90 Å². The van der Waals surface area contributed by atoms with Gasteiger partial charge in [-0.25, -0.2) is 23.9 Å². The van der Waals surface area contributed by atoms with Crippen molar-refractivity contribution in [2.45, 2.75) is 13.8 Å². The van der Waals surface area contributed by atoms with Crippen LogP contribution in [-0.4, -0.2) is 50.3 Å². The lowest BCUT2D eigenvalue weighted by atomic mass is 10.1. The van der Waals surface area contributed by atoms with E-state index in [2.05, 4.69) is 15.0 Å². The third kappa shape index (κ3) is 3.75. The van der Waals surface area contributed by atoms with Crippen LogP contribution in [0.25, 0.3) is 33.3 Å². The van der Waals surface area contributed by atoms with E-state index in [0.717, 1.165) is 6.07 Å². The summed E-state index contributed by atoms with van der Waals surface area (Å²) in [6.07, 6.45) is 1.06. The van der Waals surface area contributed by atoms with Gasteiger partial charge in [0, 0.05) is 30.7 Å². The van der Waals surface area contributed by atoms with Crippen LogP contribution in [0.4, 0.5) is 15.0 Å². The zero-order valence-corrected chi connectivity index (χ0v) is 18.0. The molecule has 4 rings (SSSR count). The van der Waals surface area contributed by atoms with Gasteiger partial charge in [-0.15, -0.1) is 0 Å². The number of aromatic carboxylic acids is 1. The maximum Gasteiger partial charge on any atom is 0.415 e. The standard InChI is InChI=1S/C22H22FN5O4/c1-11(2)9-32-22(31)28(4)20-17-18(27(3)10-24-17)15-8-16(25-19(15)26-20)12-5-13(21(29)30)7-14(23)6-12/h5-8,10-11H,9H2,1-4H3,(H,25,26)(H,29,30). The predicted octanol–water partition coefficient (Wildman–Crippen LogP) is 4.18. The molecule has 1 aromatic carbocycles. The Hall–Kier alpha value is -3.95. The Labute approximate surface area is 182 Å². The van der Waals surface area contributed by atoms with Gasteiger partial charge in [0.2, 0.25) is 0 Å². The zero-order chi connectivity index (χ0) is 23.2. The van der Waals surface area contributed by atoms with E-state index in [0.29, 0.717) is 39.1 Å². The molecule has 0 atom stereocenters. The molecule has 0 aliphatic rings. The lowest BCUT2D eigenvalue weighted by Crippen LogP contribution is -2.29. The van der Waals surface area contributed by atoms with E-state index in [1.807, 2.05) is 20.9 Å². The number of aromatic amines is 1. The van der Waals surface area contributed by atoms with Crippen molar-refractivity contribution >= 4 is 39.9 Å². The number of nitrogens with zero attached hydrogens (tertiary/aromatic N) is 4. The number of carboxylic acid groups (broad SMARTS) is 1. The summed E-state index contributed by atoms with van der Waals surface area (Å²) < 4.78 is 21.1. The normalized spacial score (nSPS) is 11.4. The largest absolute Gasteiger partial charge is 0.478 e. The van der Waals surface area contributed by atoms with Gasteiger partial charge in [-0.3, -0.25) is 4.90 Å². The maximum absolute atomic E-state index is 14.0. The number of halogens is 1. The molecule has 0 fully saturated rings. The molecule has 166 valence electrons. The number of aryl methyl sites for hydroxylation is 1. The van der Waals surface area contributed by atoms with Gasteiger partial charge in [0.25, 0.3) is 0 Å². The molecular weight excluding hydrogens is 417 g/mol. The van der Waals surface area contributed by atoms with Gasteiger partial charge in [0.1, 0.15) is 17.0 Å². The fourth-order valence-electron chi connectivity index (χ4n) is 3.46. The van der Waals surface area contributed by atoms with Crippen LogP contribution in [0.1, 0.15) is 24.2 Å². The number of hydrogen-bond acceptors (Lipinski definition) is 5. The van der Waals surface area contributed by atoms with Crippen LogP contribution >= 0.6 is 0 Å². The highest BCUT2D eigenvalue weighted by atomic mass is 19.1. The molecule has 0 saturated carbocycles. The highest BCUT2D eigenvalue weighted by molar-refractivity contribution is 6.09. The summed E-state index contributed by atoms with van der Waals surface area (Å²) in [4.78, 5) is 37.2. The van der Waals surface area contributed by atoms with Crippen molar-refractivity contribution in [1.82, 2.24) is 19.5 Å². The lowest BCUT2D eigenvalue weighted by Gasteiger charge is -2.17. The fraction of sp³-hybridized carbons (Fsp3) is 0.273. The zero-order valence-electron chi connectivity index (χ0n) is 18.0. The Morgan fingerprint density at radius 1 is 1.28 bits per heavy atom. The molecule has 4 aromatic rings. The van der Waals surface area contributed by atoms with Crippen molar-refractivity contribution in [3.05, 3.63) is 42.0 Å². The van der Waals surface area contributed by atoms with E-state index in [1.165, 1.54) is 17.0 Å². The molecule has 9 nitrogen and oxygen atoms in total. The summed E-state index contributed by atoms with van der Waals surface area (Å²) in [5.41, 5.74) is 2.34. The molecule has 0 aliphatic carbocycles. The Morgan fingerprint density at radius 2 is 2.03 bits per heavy atom.